The van der Waals surface area contributed by atoms with E-state index in [1.807, 2.05) is 6.92 Å². The number of carbonyl (C=O) groups excluding carboxylic acids is 2. The molecule has 1 aliphatic heterocycles. The van der Waals surface area contributed by atoms with E-state index >= 15 is 0 Å². The molecule has 1 aromatic heterocycles. The number of likely N-dealkylation sites (N-methyl/N-ethyl adjacent to an activating group) is 1. The van der Waals surface area contributed by atoms with Gasteiger partial charge >= 0.3 is 6.03 Å². The first-order valence-corrected chi connectivity index (χ1v) is 4.76. The number of carbonyl (C=O) groups is 2. The highest BCUT2D eigenvalue weighted by Crippen LogP contribution is 2.09. The van der Waals surface area contributed by atoms with Crippen LogP contribution in [0.15, 0.2) is 21.7 Å². The van der Waals surface area contributed by atoms with Crippen molar-refractivity contribution in [3.8, 4) is 0 Å². The van der Waals surface area contributed by atoms with Crippen molar-refractivity contribution >= 4 is 18.2 Å². The van der Waals surface area contributed by atoms with Crippen LogP contribution in [0.1, 0.15) is 11.5 Å². The van der Waals surface area contributed by atoms with Crippen molar-refractivity contribution in [1.82, 2.24) is 9.91 Å². The van der Waals surface area contributed by atoms with Crippen molar-refractivity contribution in [2.75, 3.05) is 13.6 Å². The molecule has 2 heterocycles. The normalized spacial score (nSPS) is 16.9. The summed E-state index contributed by atoms with van der Waals surface area (Å²) in [5, 5.41) is 4.99. The van der Waals surface area contributed by atoms with Gasteiger partial charge in [0.2, 0.25) is 0 Å². The van der Waals surface area contributed by atoms with Crippen molar-refractivity contribution < 1.29 is 14.0 Å². The molecule has 1 aromatic rings. The Hall–Kier alpha value is -2.11. The van der Waals surface area contributed by atoms with E-state index in [0.29, 0.717) is 5.76 Å². The van der Waals surface area contributed by atoms with Gasteiger partial charge in [-0.25, -0.2) is 9.80 Å². The molecule has 1 aliphatic rings. The molecule has 0 aromatic carbocycles. The summed E-state index contributed by atoms with van der Waals surface area (Å²) >= 11 is 0. The summed E-state index contributed by atoms with van der Waals surface area (Å²) in [5.41, 5.74) is 0. The van der Waals surface area contributed by atoms with Crippen LogP contribution in [0.3, 0.4) is 0 Å². The minimum Gasteiger partial charge on any atom is -0.460 e. The lowest BCUT2D eigenvalue weighted by molar-refractivity contribution is -0.124. The molecule has 0 spiro atoms. The van der Waals surface area contributed by atoms with E-state index in [9.17, 15) is 9.59 Å². The van der Waals surface area contributed by atoms with Gasteiger partial charge in [-0.3, -0.25) is 9.69 Å². The highest BCUT2D eigenvalue weighted by molar-refractivity contribution is 6.01. The number of rotatable bonds is 2. The molecule has 84 valence electrons. The lowest BCUT2D eigenvalue weighted by atomic mass is 10.4. The Morgan fingerprint density at radius 1 is 1.44 bits per heavy atom. The molecule has 1 fully saturated rings. The van der Waals surface area contributed by atoms with Gasteiger partial charge in [0, 0.05) is 7.05 Å². The lowest BCUT2D eigenvalue weighted by Crippen LogP contribution is -2.26. The molecule has 3 amide bonds. The fourth-order valence-electron chi connectivity index (χ4n) is 1.32. The molecule has 0 radical (unpaired) electrons. The molecule has 0 aliphatic carbocycles. The highest BCUT2D eigenvalue weighted by atomic mass is 16.3. The van der Waals surface area contributed by atoms with Crippen LogP contribution in [0.2, 0.25) is 0 Å². The summed E-state index contributed by atoms with van der Waals surface area (Å²) in [7, 11) is 1.43. The van der Waals surface area contributed by atoms with Crippen LogP contribution in [0.4, 0.5) is 4.79 Å². The SMILES string of the molecule is Cc1ccc(/C=N/N2CC(=O)N(C)C2=O)o1. The van der Waals surface area contributed by atoms with E-state index < -0.39 is 6.03 Å². The Labute approximate surface area is 92.1 Å². The Kier molecular flexibility index (Phi) is 2.47. The Bertz CT molecular complexity index is 464. The topological polar surface area (TPSA) is 66.1 Å². The van der Waals surface area contributed by atoms with Gasteiger partial charge < -0.3 is 4.42 Å². The first-order chi connectivity index (χ1) is 7.58. The average molecular weight is 221 g/mol. The van der Waals surface area contributed by atoms with Gasteiger partial charge in [0.25, 0.3) is 5.91 Å². The Morgan fingerprint density at radius 2 is 2.19 bits per heavy atom. The number of furan rings is 1. The van der Waals surface area contributed by atoms with Crippen LogP contribution in [-0.4, -0.2) is 41.7 Å². The van der Waals surface area contributed by atoms with E-state index in [1.165, 1.54) is 13.3 Å². The van der Waals surface area contributed by atoms with Crippen molar-refractivity contribution in [3.63, 3.8) is 0 Å². The quantitative estimate of drug-likeness (QED) is 0.548. The Balaban J connectivity index is 2.08. The van der Waals surface area contributed by atoms with Crippen LogP contribution in [0, 0.1) is 6.92 Å². The van der Waals surface area contributed by atoms with E-state index in [2.05, 4.69) is 5.10 Å². The molecule has 0 N–H and O–H groups in total. The molecular formula is C10H11N3O3. The van der Waals surface area contributed by atoms with Gasteiger partial charge in [-0.2, -0.15) is 5.10 Å². The van der Waals surface area contributed by atoms with Crippen LogP contribution in [-0.2, 0) is 4.79 Å². The maximum absolute atomic E-state index is 11.4. The maximum atomic E-state index is 11.4. The molecule has 1 saturated heterocycles. The van der Waals surface area contributed by atoms with E-state index in [4.69, 9.17) is 4.42 Å². The minimum absolute atomic E-state index is 0.0223. The zero-order valence-corrected chi connectivity index (χ0v) is 9.01. The number of imide groups is 1. The molecular weight excluding hydrogens is 210 g/mol. The highest BCUT2D eigenvalue weighted by Gasteiger charge is 2.32. The summed E-state index contributed by atoms with van der Waals surface area (Å²) in [6.07, 6.45) is 1.41. The van der Waals surface area contributed by atoms with Crippen LogP contribution in [0.5, 0.6) is 0 Å². The smallest absolute Gasteiger partial charge is 0.347 e. The predicted molar refractivity (Wildman–Crippen MR) is 55.9 cm³/mol. The van der Waals surface area contributed by atoms with Crippen LogP contribution >= 0.6 is 0 Å². The van der Waals surface area contributed by atoms with Gasteiger partial charge in [-0.1, -0.05) is 0 Å². The van der Waals surface area contributed by atoms with Gasteiger partial charge in [0.15, 0.2) is 0 Å². The predicted octanol–water partition coefficient (Wildman–Crippen LogP) is 0.816. The number of hydrogen-bond acceptors (Lipinski definition) is 4. The summed E-state index contributed by atoms with van der Waals surface area (Å²) in [6.45, 7) is 1.79. The van der Waals surface area contributed by atoms with Crippen molar-refractivity contribution in [2.45, 2.75) is 6.92 Å². The number of hydrazone groups is 1. The molecule has 0 saturated carbocycles. The van der Waals surface area contributed by atoms with E-state index in [-0.39, 0.29) is 12.5 Å². The minimum atomic E-state index is -0.426. The average Bonchev–Trinajstić information content (AvgIpc) is 2.76. The molecule has 2 rings (SSSR count). The summed E-state index contributed by atoms with van der Waals surface area (Å²) in [4.78, 5) is 23.6. The Morgan fingerprint density at radius 3 is 2.69 bits per heavy atom. The van der Waals surface area contributed by atoms with E-state index in [0.717, 1.165) is 15.7 Å². The fraction of sp³-hybridized carbons (Fsp3) is 0.300. The molecule has 0 atom stereocenters. The standard InChI is InChI=1S/C10H11N3O3/c1-7-3-4-8(16-7)5-11-13-6-9(14)12(2)10(13)15/h3-5H,6H2,1-2H3/b11-5+. The number of aryl methyl sites for hydroxylation is 1. The molecule has 16 heavy (non-hydrogen) atoms. The second-order valence-corrected chi connectivity index (χ2v) is 3.49. The number of urea groups is 1. The molecule has 6 heteroatoms. The number of amides is 3. The monoisotopic (exact) mass is 221 g/mol. The van der Waals surface area contributed by atoms with Gasteiger partial charge in [0.1, 0.15) is 18.1 Å². The van der Waals surface area contributed by atoms with Gasteiger partial charge in [-0.15, -0.1) is 0 Å². The fourth-order valence-corrected chi connectivity index (χ4v) is 1.32. The number of hydrogen-bond donors (Lipinski definition) is 0. The molecule has 0 unspecified atom stereocenters. The zero-order valence-electron chi connectivity index (χ0n) is 9.01. The van der Waals surface area contributed by atoms with Crippen molar-refractivity contribution in [3.05, 3.63) is 23.7 Å². The second-order valence-electron chi connectivity index (χ2n) is 3.49. The summed E-state index contributed by atoms with van der Waals surface area (Å²) in [5.74, 6) is 1.05. The summed E-state index contributed by atoms with van der Waals surface area (Å²) < 4.78 is 5.25. The molecule has 6 nitrogen and oxygen atoms in total. The van der Waals surface area contributed by atoms with Crippen LogP contribution in [0.25, 0.3) is 0 Å². The molecule has 0 bridgehead atoms. The van der Waals surface area contributed by atoms with Crippen molar-refractivity contribution in [1.29, 1.82) is 0 Å². The third kappa shape index (κ3) is 1.81. The first-order valence-electron chi connectivity index (χ1n) is 4.76. The number of nitrogens with zero attached hydrogens (tertiary/aromatic N) is 3. The lowest BCUT2D eigenvalue weighted by Gasteiger charge is -2.06. The van der Waals surface area contributed by atoms with Crippen LogP contribution < -0.4 is 0 Å². The summed E-state index contributed by atoms with van der Waals surface area (Å²) in [6, 6.07) is 3.11. The van der Waals surface area contributed by atoms with Gasteiger partial charge in [-0.05, 0) is 19.1 Å². The van der Waals surface area contributed by atoms with E-state index in [1.54, 1.807) is 12.1 Å². The third-order valence-corrected chi connectivity index (χ3v) is 2.25. The maximum Gasteiger partial charge on any atom is 0.347 e. The second kappa shape index (κ2) is 3.80. The zero-order chi connectivity index (χ0) is 11.7. The van der Waals surface area contributed by atoms with Crippen molar-refractivity contribution in [2.24, 2.45) is 5.10 Å². The van der Waals surface area contributed by atoms with Gasteiger partial charge in [0.05, 0.1) is 6.21 Å². The largest absolute Gasteiger partial charge is 0.460 e. The first kappa shape index (κ1) is 10.4. The third-order valence-electron chi connectivity index (χ3n) is 2.25.